The summed E-state index contributed by atoms with van der Waals surface area (Å²) < 4.78 is 5.23. The number of fused-ring (bicyclic) bond motifs is 1. The van der Waals surface area contributed by atoms with E-state index in [-0.39, 0.29) is 30.8 Å². The highest BCUT2D eigenvalue weighted by Gasteiger charge is 2.21. The minimum absolute atomic E-state index is 0. The Bertz CT molecular complexity index is 532. The van der Waals surface area contributed by atoms with Crippen LogP contribution in [0.2, 0.25) is 0 Å². The van der Waals surface area contributed by atoms with Crippen LogP contribution in [0.25, 0.3) is 0 Å². The number of rotatable bonds is 3. The molecule has 6 nitrogen and oxygen atoms in total. The van der Waals surface area contributed by atoms with Crippen molar-refractivity contribution in [3.63, 3.8) is 0 Å². The molecule has 2 amide bonds. The SMILES string of the molecule is CC(C)(CN)NC(=O)c1ccc2c(c1)NC(=O)CO2.Cl. The van der Waals surface area contributed by atoms with E-state index in [0.29, 0.717) is 23.5 Å². The first-order valence-corrected chi connectivity index (χ1v) is 6.00. The molecule has 7 heteroatoms. The number of halogens is 1. The molecule has 1 aliphatic heterocycles. The van der Waals surface area contributed by atoms with Crippen molar-refractivity contribution in [2.45, 2.75) is 19.4 Å². The van der Waals surface area contributed by atoms with Crippen LogP contribution in [-0.2, 0) is 4.79 Å². The van der Waals surface area contributed by atoms with Crippen molar-refractivity contribution < 1.29 is 14.3 Å². The maximum absolute atomic E-state index is 12.1. The topological polar surface area (TPSA) is 93.5 Å². The Morgan fingerprint density at radius 2 is 2.20 bits per heavy atom. The maximum Gasteiger partial charge on any atom is 0.262 e. The Kier molecular flexibility index (Phi) is 4.97. The Morgan fingerprint density at radius 1 is 1.50 bits per heavy atom. The lowest BCUT2D eigenvalue weighted by Gasteiger charge is -2.24. The minimum atomic E-state index is -0.479. The van der Waals surface area contributed by atoms with Gasteiger partial charge in [-0.15, -0.1) is 12.4 Å². The van der Waals surface area contributed by atoms with Gasteiger partial charge >= 0.3 is 0 Å². The molecular formula is C13H18ClN3O3. The van der Waals surface area contributed by atoms with Crippen molar-refractivity contribution in [1.82, 2.24) is 5.32 Å². The Morgan fingerprint density at radius 3 is 2.85 bits per heavy atom. The number of amides is 2. The second-order valence-electron chi connectivity index (χ2n) is 5.09. The van der Waals surface area contributed by atoms with Crippen LogP contribution in [-0.4, -0.2) is 30.5 Å². The van der Waals surface area contributed by atoms with Crippen LogP contribution >= 0.6 is 12.4 Å². The van der Waals surface area contributed by atoms with Gasteiger partial charge in [0.1, 0.15) is 5.75 Å². The number of benzene rings is 1. The molecule has 0 atom stereocenters. The molecule has 0 fully saturated rings. The molecule has 0 unspecified atom stereocenters. The number of hydrogen-bond donors (Lipinski definition) is 3. The highest BCUT2D eigenvalue weighted by atomic mass is 35.5. The van der Waals surface area contributed by atoms with E-state index < -0.39 is 5.54 Å². The summed E-state index contributed by atoms with van der Waals surface area (Å²) in [7, 11) is 0. The van der Waals surface area contributed by atoms with Crippen LogP contribution in [0.1, 0.15) is 24.2 Å². The molecule has 0 spiro atoms. The number of hydrogen-bond acceptors (Lipinski definition) is 4. The van der Waals surface area contributed by atoms with Gasteiger partial charge in [0.15, 0.2) is 6.61 Å². The van der Waals surface area contributed by atoms with E-state index in [1.165, 1.54) is 0 Å². The third kappa shape index (κ3) is 3.61. The van der Waals surface area contributed by atoms with Gasteiger partial charge in [-0.25, -0.2) is 0 Å². The Labute approximate surface area is 123 Å². The lowest BCUT2D eigenvalue weighted by Crippen LogP contribution is -2.48. The zero-order chi connectivity index (χ0) is 14.0. The van der Waals surface area contributed by atoms with Crippen molar-refractivity contribution in [2.24, 2.45) is 5.73 Å². The molecule has 4 N–H and O–H groups in total. The lowest BCUT2D eigenvalue weighted by molar-refractivity contribution is -0.118. The summed E-state index contributed by atoms with van der Waals surface area (Å²) >= 11 is 0. The van der Waals surface area contributed by atoms with E-state index >= 15 is 0 Å². The molecule has 0 saturated carbocycles. The summed E-state index contributed by atoms with van der Waals surface area (Å²) in [5.41, 5.74) is 6.05. The summed E-state index contributed by atoms with van der Waals surface area (Å²) in [4.78, 5) is 23.3. The largest absolute Gasteiger partial charge is 0.482 e. The molecule has 1 aromatic rings. The summed E-state index contributed by atoms with van der Waals surface area (Å²) in [6, 6.07) is 4.91. The second-order valence-corrected chi connectivity index (χ2v) is 5.09. The molecule has 0 aromatic heterocycles. The fourth-order valence-electron chi connectivity index (χ4n) is 1.65. The maximum atomic E-state index is 12.1. The molecule has 1 aromatic carbocycles. The fraction of sp³-hybridized carbons (Fsp3) is 0.385. The predicted octanol–water partition coefficient (Wildman–Crippen LogP) is 0.906. The van der Waals surface area contributed by atoms with Crippen LogP contribution < -0.4 is 21.1 Å². The predicted molar refractivity (Wildman–Crippen MR) is 78.4 cm³/mol. The quantitative estimate of drug-likeness (QED) is 0.773. The molecule has 1 heterocycles. The zero-order valence-electron chi connectivity index (χ0n) is 11.4. The molecule has 2 rings (SSSR count). The molecule has 0 radical (unpaired) electrons. The van der Waals surface area contributed by atoms with Gasteiger partial charge in [0, 0.05) is 17.6 Å². The average Bonchev–Trinajstić information content (AvgIpc) is 2.37. The van der Waals surface area contributed by atoms with Gasteiger partial charge in [-0.3, -0.25) is 9.59 Å². The number of nitrogens with one attached hydrogen (secondary N) is 2. The summed E-state index contributed by atoms with van der Waals surface area (Å²) in [6.07, 6.45) is 0. The Hall–Kier alpha value is -1.79. The van der Waals surface area contributed by atoms with Crippen LogP contribution in [0.15, 0.2) is 18.2 Å². The molecule has 20 heavy (non-hydrogen) atoms. The molecule has 0 saturated heterocycles. The number of nitrogens with two attached hydrogens (primary N) is 1. The van der Waals surface area contributed by atoms with Crippen molar-refractivity contribution in [3.05, 3.63) is 23.8 Å². The highest BCUT2D eigenvalue weighted by Crippen LogP contribution is 2.28. The van der Waals surface area contributed by atoms with E-state index in [1.54, 1.807) is 18.2 Å². The van der Waals surface area contributed by atoms with E-state index in [9.17, 15) is 9.59 Å². The first-order valence-electron chi connectivity index (χ1n) is 6.00. The van der Waals surface area contributed by atoms with Crippen LogP contribution in [0, 0.1) is 0 Å². The molecular weight excluding hydrogens is 282 g/mol. The highest BCUT2D eigenvalue weighted by molar-refractivity contribution is 6.00. The smallest absolute Gasteiger partial charge is 0.262 e. The first-order chi connectivity index (χ1) is 8.91. The number of anilines is 1. The summed E-state index contributed by atoms with van der Waals surface area (Å²) in [5, 5.41) is 5.49. The van der Waals surface area contributed by atoms with E-state index in [0.717, 1.165) is 0 Å². The van der Waals surface area contributed by atoms with Gasteiger partial charge < -0.3 is 21.1 Å². The van der Waals surface area contributed by atoms with Crippen LogP contribution in [0.5, 0.6) is 5.75 Å². The lowest BCUT2D eigenvalue weighted by atomic mass is 10.0. The molecule has 0 bridgehead atoms. The number of carbonyl (C=O) groups is 2. The average molecular weight is 300 g/mol. The number of ether oxygens (including phenoxy) is 1. The first kappa shape index (κ1) is 16.3. The standard InChI is InChI=1S/C13H17N3O3.ClH/c1-13(2,7-14)16-12(18)8-3-4-10-9(5-8)15-11(17)6-19-10;/h3-5H,6-7,14H2,1-2H3,(H,15,17)(H,16,18);1H. The van der Waals surface area contributed by atoms with E-state index in [4.69, 9.17) is 10.5 Å². The third-order valence-corrected chi connectivity index (χ3v) is 2.84. The zero-order valence-corrected chi connectivity index (χ0v) is 12.2. The minimum Gasteiger partial charge on any atom is -0.482 e. The normalized spacial score (nSPS) is 13.4. The van der Waals surface area contributed by atoms with Gasteiger partial charge in [-0.2, -0.15) is 0 Å². The number of carbonyl (C=O) groups excluding carboxylic acids is 2. The van der Waals surface area contributed by atoms with E-state index in [1.807, 2.05) is 13.8 Å². The monoisotopic (exact) mass is 299 g/mol. The summed E-state index contributed by atoms with van der Waals surface area (Å²) in [5.74, 6) is 0.0969. The fourth-order valence-corrected chi connectivity index (χ4v) is 1.65. The van der Waals surface area contributed by atoms with Crippen molar-refractivity contribution >= 4 is 29.9 Å². The van der Waals surface area contributed by atoms with Crippen LogP contribution in [0.4, 0.5) is 5.69 Å². The summed E-state index contributed by atoms with van der Waals surface area (Å²) in [6.45, 7) is 4.02. The van der Waals surface area contributed by atoms with Crippen molar-refractivity contribution in [2.75, 3.05) is 18.5 Å². The Balaban J connectivity index is 0.00000200. The molecule has 0 aliphatic carbocycles. The van der Waals surface area contributed by atoms with Gasteiger partial charge in [0.05, 0.1) is 5.69 Å². The molecule has 110 valence electrons. The molecule has 1 aliphatic rings. The van der Waals surface area contributed by atoms with Gasteiger partial charge in [-0.05, 0) is 32.0 Å². The van der Waals surface area contributed by atoms with Gasteiger partial charge in [-0.1, -0.05) is 0 Å². The van der Waals surface area contributed by atoms with Crippen molar-refractivity contribution in [1.29, 1.82) is 0 Å². The second kappa shape index (κ2) is 6.11. The van der Waals surface area contributed by atoms with E-state index in [2.05, 4.69) is 10.6 Å². The third-order valence-electron chi connectivity index (χ3n) is 2.84. The van der Waals surface area contributed by atoms with Gasteiger partial charge in [0.25, 0.3) is 11.8 Å². The van der Waals surface area contributed by atoms with Gasteiger partial charge in [0.2, 0.25) is 0 Å². The van der Waals surface area contributed by atoms with Crippen molar-refractivity contribution in [3.8, 4) is 5.75 Å². The van der Waals surface area contributed by atoms with Crippen LogP contribution in [0.3, 0.4) is 0 Å².